The van der Waals surface area contributed by atoms with Crippen molar-refractivity contribution in [1.29, 1.82) is 0 Å². The molecule has 0 amide bonds. The minimum atomic E-state index is -1.19. The Morgan fingerprint density at radius 2 is 2.04 bits per heavy atom. The van der Waals surface area contributed by atoms with Gasteiger partial charge < -0.3 is 20.3 Å². The van der Waals surface area contributed by atoms with Crippen molar-refractivity contribution in [3.8, 4) is 0 Å². The van der Waals surface area contributed by atoms with E-state index in [2.05, 4.69) is 15.3 Å². The molecule has 4 atom stereocenters. The van der Waals surface area contributed by atoms with E-state index in [1.807, 2.05) is 6.07 Å². The maximum Gasteiger partial charge on any atom is 0.224 e. The van der Waals surface area contributed by atoms with E-state index in [1.165, 1.54) is 6.42 Å². The van der Waals surface area contributed by atoms with Crippen LogP contribution < -0.4 is 5.32 Å². The first-order valence-electron chi connectivity index (χ1n) is 8.40. The molecule has 133 valence electrons. The minimum absolute atomic E-state index is 0.136. The van der Waals surface area contributed by atoms with Gasteiger partial charge in [0, 0.05) is 11.4 Å². The maximum atomic E-state index is 11.1. The van der Waals surface area contributed by atoms with Crippen molar-refractivity contribution in [1.82, 2.24) is 9.97 Å². The highest BCUT2D eigenvalue weighted by Gasteiger charge is 2.43. The van der Waals surface area contributed by atoms with Gasteiger partial charge in [-0.1, -0.05) is 6.07 Å². The van der Waals surface area contributed by atoms with Crippen LogP contribution in [-0.2, 0) is 9.84 Å². The van der Waals surface area contributed by atoms with Crippen LogP contribution in [0.4, 0.5) is 5.82 Å². The number of aliphatic hydroxyl groups is 2. The van der Waals surface area contributed by atoms with Gasteiger partial charge in [-0.2, -0.15) is 0 Å². The zero-order valence-corrected chi connectivity index (χ0v) is 14.2. The SMILES string of the molecule is [O]C[C@H]1O[C@@H](c2ccc3c(NC4CCC4)nc(Cl)nc3c2)[C@H](O)[C@@H]1O. The molecule has 2 aromatic rings. The summed E-state index contributed by atoms with van der Waals surface area (Å²) in [6, 6.07) is 5.79. The van der Waals surface area contributed by atoms with Crippen molar-refractivity contribution in [3.63, 3.8) is 0 Å². The predicted molar refractivity (Wildman–Crippen MR) is 91.0 cm³/mol. The smallest absolute Gasteiger partial charge is 0.224 e. The van der Waals surface area contributed by atoms with Crippen molar-refractivity contribution in [2.24, 2.45) is 0 Å². The second-order valence-electron chi connectivity index (χ2n) is 6.63. The van der Waals surface area contributed by atoms with Gasteiger partial charge >= 0.3 is 0 Å². The molecule has 1 aromatic heterocycles. The van der Waals surface area contributed by atoms with Crippen molar-refractivity contribution >= 4 is 28.3 Å². The molecular formula is C17H19ClN3O4. The Hall–Kier alpha value is -1.51. The highest BCUT2D eigenvalue weighted by Crippen LogP contribution is 2.36. The summed E-state index contributed by atoms with van der Waals surface area (Å²) in [5, 5.41) is 35.5. The normalized spacial score (nSPS) is 29.8. The first-order valence-corrected chi connectivity index (χ1v) is 8.78. The van der Waals surface area contributed by atoms with Gasteiger partial charge in [-0.25, -0.2) is 15.1 Å². The number of halogens is 1. The summed E-state index contributed by atoms with van der Waals surface area (Å²) < 4.78 is 5.52. The van der Waals surface area contributed by atoms with Gasteiger partial charge in [-0.05, 0) is 48.6 Å². The van der Waals surface area contributed by atoms with Crippen LogP contribution in [0, 0.1) is 0 Å². The summed E-state index contributed by atoms with van der Waals surface area (Å²) in [5.74, 6) is 0.691. The molecular weight excluding hydrogens is 346 g/mol. The van der Waals surface area contributed by atoms with Gasteiger partial charge in [0.05, 0.1) is 5.52 Å². The second-order valence-corrected chi connectivity index (χ2v) is 6.97. The molecule has 1 aliphatic carbocycles. The monoisotopic (exact) mass is 364 g/mol. The van der Waals surface area contributed by atoms with E-state index >= 15 is 0 Å². The largest absolute Gasteiger partial charge is 0.387 e. The number of anilines is 1. The standard InChI is InChI=1S/C17H19ClN3O4/c18-17-20-11-6-8(15-14(24)13(23)12(7-22)25-15)4-5-10(11)16(21-17)19-9-2-1-3-9/h4-6,9,12-15,23-24H,1-3,7H2,(H,19,20,21)/t12-,13-,14-,15+/m1/s1. The van der Waals surface area contributed by atoms with Crippen molar-refractivity contribution in [2.45, 2.75) is 49.7 Å². The van der Waals surface area contributed by atoms with Gasteiger partial charge in [0.1, 0.15) is 36.8 Å². The molecule has 0 spiro atoms. The Morgan fingerprint density at radius 3 is 2.68 bits per heavy atom. The van der Waals surface area contributed by atoms with E-state index < -0.39 is 31.0 Å². The second kappa shape index (κ2) is 6.66. The number of fused-ring (bicyclic) bond motifs is 1. The summed E-state index contributed by atoms with van der Waals surface area (Å²) in [7, 11) is 0. The fourth-order valence-electron chi connectivity index (χ4n) is 3.31. The number of nitrogens with zero attached hydrogens (tertiary/aromatic N) is 2. The lowest BCUT2D eigenvalue weighted by Crippen LogP contribution is -2.32. The lowest BCUT2D eigenvalue weighted by molar-refractivity contribution is -0.0398. The van der Waals surface area contributed by atoms with Gasteiger partial charge in [-0.15, -0.1) is 0 Å². The van der Waals surface area contributed by atoms with Gasteiger partial charge in [-0.3, -0.25) is 0 Å². The minimum Gasteiger partial charge on any atom is -0.387 e. The van der Waals surface area contributed by atoms with Crippen LogP contribution in [-0.4, -0.2) is 51.1 Å². The van der Waals surface area contributed by atoms with Gasteiger partial charge in [0.25, 0.3) is 0 Å². The van der Waals surface area contributed by atoms with E-state index in [-0.39, 0.29) is 5.28 Å². The Balaban J connectivity index is 1.68. The molecule has 25 heavy (non-hydrogen) atoms. The average molecular weight is 365 g/mol. The lowest BCUT2D eigenvalue weighted by atomic mass is 9.93. The Labute approximate surface area is 149 Å². The van der Waals surface area contributed by atoms with E-state index in [1.54, 1.807) is 12.1 Å². The fraction of sp³-hybridized carbons (Fsp3) is 0.529. The number of aromatic nitrogens is 2. The number of hydrogen-bond donors (Lipinski definition) is 3. The van der Waals surface area contributed by atoms with E-state index in [0.717, 1.165) is 18.2 Å². The molecule has 0 unspecified atom stereocenters. The zero-order valence-electron chi connectivity index (χ0n) is 13.4. The number of benzene rings is 1. The van der Waals surface area contributed by atoms with Crippen LogP contribution >= 0.6 is 11.6 Å². The van der Waals surface area contributed by atoms with E-state index in [9.17, 15) is 15.3 Å². The summed E-state index contributed by atoms with van der Waals surface area (Å²) in [6.45, 7) is -0.605. The molecule has 1 saturated carbocycles. The number of rotatable bonds is 4. The molecule has 3 N–H and O–H groups in total. The lowest BCUT2D eigenvalue weighted by Gasteiger charge is -2.27. The predicted octanol–water partition coefficient (Wildman–Crippen LogP) is 1.84. The molecule has 8 heteroatoms. The third-order valence-electron chi connectivity index (χ3n) is 4.99. The molecule has 0 bridgehead atoms. The van der Waals surface area contributed by atoms with Crippen LogP contribution in [0.1, 0.15) is 30.9 Å². The molecule has 1 aliphatic heterocycles. The molecule has 4 rings (SSSR count). The molecule has 1 saturated heterocycles. The first-order chi connectivity index (χ1) is 12.1. The number of nitrogens with one attached hydrogen (secondary N) is 1. The first kappa shape index (κ1) is 16.9. The quantitative estimate of drug-likeness (QED) is 0.714. The van der Waals surface area contributed by atoms with Crippen LogP contribution in [0.3, 0.4) is 0 Å². The highest BCUT2D eigenvalue weighted by atomic mass is 35.5. The fourth-order valence-corrected chi connectivity index (χ4v) is 3.49. The zero-order chi connectivity index (χ0) is 17.6. The molecule has 1 radical (unpaired) electrons. The summed E-state index contributed by atoms with van der Waals surface area (Å²) in [6.07, 6.45) is -0.603. The highest BCUT2D eigenvalue weighted by molar-refractivity contribution is 6.28. The third kappa shape index (κ3) is 3.07. The molecule has 1 aromatic carbocycles. The maximum absolute atomic E-state index is 11.1. The number of hydrogen-bond acceptors (Lipinski definition) is 6. The van der Waals surface area contributed by atoms with Crippen LogP contribution in [0.2, 0.25) is 5.28 Å². The van der Waals surface area contributed by atoms with Crippen LogP contribution in [0.25, 0.3) is 10.9 Å². The summed E-state index contributed by atoms with van der Waals surface area (Å²) >= 11 is 6.05. The van der Waals surface area contributed by atoms with E-state index in [0.29, 0.717) is 22.9 Å². The Bertz CT molecular complexity index is 786. The summed E-state index contributed by atoms with van der Waals surface area (Å²) in [5.41, 5.74) is 1.26. The van der Waals surface area contributed by atoms with E-state index in [4.69, 9.17) is 16.3 Å². The van der Waals surface area contributed by atoms with Crippen molar-refractivity contribution in [2.75, 3.05) is 11.9 Å². The Kier molecular flexibility index (Phi) is 4.51. The topological polar surface area (TPSA) is 107 Å². The molecule has 2 heterocycles. The van der Waals surface area contributed by atoms with Crippen LogP contribution in [0.15, 0.2) is 18.2 Å². The Morgan fingerprint density at radius 1 is 1.24 bits per heavy atom. The van der Waals surface area contributed by atoms with Gasteiger partial charge in [0.15, 0.2) is 0 Å². The average Bonchev–Trinajstić information content (AvgIpc) is 2.85. The third-order valence-corrected chi connectivity index (χ3v) is 5.16. The van der Waals surface area contributed by atoms with Crippen molar-refractivity contribution < 1.29 is 20.1 Å². The van der Waals surface area contributed by atoms with Crippen LogP contribution in [0.5, 0.6) is 0 Å². The molecule has 2 fully saturated rings. The number of aliphatic hydroxyl groups excluding tert-OH is 2. The van der Waals surface area contributed by atoms with Crippen molar-refractivity contribution in [3.05, 3.63) is 29.0 Å². The molecule has 7 nitrogen and oxygen atoms in total. The van der Waals surface area contributed by atoms with Gasteiger partial charge in [0.2, 0.25) is 5.28 Å². The number of ether oxygens (including phenoxy) is 1. The molecule has 2 aliphatic rings. The summed E-state index contributed by atoms with van der Waals surface area (Å²) in [4.78, 5) is 8.54.